The van der Waals surface area contributed by atoms with Crippen molar-refractivity contribution < 1.29 is 27.8 Å². The number of esters is 1. The van der Waals surface area contributed by atoms with Crippen molar-refractivity contribution in [2.75, 3.05) is 13.7 Å². The van der Waals surface area contributed by atoms with Crippen molar-refractivity contribution >= 4 is 29.6 Å². The number of rotatable bonds is 8. The smallest absolute Gasteiger partial charge is 0.387 e. The van der Waals surface area contributed by atoms with Crippen LogP contribution >= 0.6 is 11.6 Å². The zero-order valence-electron chi connectivity index (χ0n) is 15.0. The number of likely N-dealkylation sites (N-methyl/N-ethyl adjacent to an activating group) is 1. The fraction of sp³-hybridized carbons (Fsp3) is 0.200. The summed E-state index contributed by atoms with van der Waals surface area (Å²) in [5, 5.41) is 0.588. The lowest BCUT2D eigenvalue weighted by atomic mass is 10.2. The van der Waals surface area contributed by atoms with E-state index in [-0.39, 0.29) is 12.3 Å². The van der Waals surface area contributed by atoms with Gasteiger partial charge in [0.2, 0.25) is 0 Å². The Morgan fingerprint density at radius 3 is 2.36 bits per heavy atom. The third-order valence-electron chi connectivity index (χ3n) is 3.61. The van der Waals surface area contributed by atoms with Gasteiger partial charge in [-0.1, -0.05) is 35.9 Å². The topological polar surface area (TPSA) is 55.8 Å². The first-order chi connectivity index (χ1) is 13.3. The Hall–Kier alpha value is -2.93. The molecule has 0 radical (unpaired) electrons. The number of ether oxygens (including phenoxy) is 2. The zero-order chi connectivity index (χ0) is 20.5. The quantitative estimate of drug-likeness (QED) is 0.485. The highest BCUT2D eigenvalue weighted by Gasteiger charge is 2.12. The van der Waals surface area contributed by atoms with E-state index in [1.54, 1.807) is 49.5 Å². The molecule has 0 saturated heterocycles. The molecule has 2 aromatic carbocycles. The molecule has 2 rings (SSSR count). The zero-order valence-corrected chi connectivity index (χ0v) is 15.7. The van der Waals surface area contributed by atoms with Crippen molar-refractivity contribution in [2.24, 2.45) is 0 Å². The average molecular weight is 410 g/mol. The van der Waals surface area contributed by atoms with Gasteiger partial charge >= 0.3 is 12.6 Å². The van der Waals surface area contributed by atoms with Crippen LogP contribution in [-0.2, 0) is 20.9 Å². The number of benzene rings is 2. The molecule has 0 aliphatic carbocycles. The minimum Gasteiger partial charge on any atom is -0.452 e. The van der Waals surface area contributed by atoms with Crippen molar-refractivity contribution in [3.8, 4) is 5.75 Å². The van der Waals surface area contributed by atoms with Crippen LogP contribution in [0.25, 0.3) is 6.08 Å². The summed E-state index contributed by atoms with van der Waals surface area (Å²) in [5.74, 6) is -1.01. The summed E-state index contributed by atoms with van der Waals surface area (Å²) in [4.78, 5) is 25.1. The minimum absolute atomic E-state index is 0.0362. The lowest BCUT2D eigenvalue weighted by molar-refractivity contribution is -0.147. The van der Waals surface area contributed by atoms with Crippen LogP contribution in [-0.4, -0.2) is 37.0 Å². The summed E-state index contributed by atoms with van der Waals surface area (Å²) in [6.45, 7) is -3.07. The molecule has 1 amide bonds. The van der Waals surface area contributed by atoms with Gasteiger partial charge in [0, 0.05) is 24.7 Å². The van der Waals surface area contributed by atoms with E-state index in [1.807, 2.05) is 0 Å². The molecule has 8 heteroatoms. The molecule has 0 unspecified atom stereocenters. The maximum atomic E-state index is 12.1. The van der Waals surface area contributed by atoms with Crippen LogP contribution in [0.3, 0.4) is 0 Å². The summed E-state index contributed by atoms with van der Waals surface area (Å²) in [6.07, 6.45) is 2.77. The van der Waals surface area contributed by atoms with Gasteiger partial charge in [0.15, 0.2) is 6.61 Å². The molecule has 0 bridgehead atoms. The van der Waals surface area contributed by atoms with Crippen molar-refractivity contribution in [1.29, 1.82) is 0 Å². The highest BCUT2D eigenvalue weighted by Crippen LogP contribution is 2.16. The molecule has 148 valence electrons. The molecule has 5 nitrogen and oxygen atoms in total. The van der Waals surface area contributed by atoms with E-state index in [4.69, 9.17) is 16.3 Å². The molecule has 0 aromatic heterocycles. The molecule has 0 aliphatic rings. The van der Waals surface area contributed by atoms with Crippen LogP contribution < -0.4 is 4.74 Å². The van der Waals surface area contributed by atoms with Crippen LogP contribution in [0, 0.1) is 0 Å². The Morgan fingerprint density at radius 1 is 1.11 bits per heavy atom. The monoisotopic (exact) mass is 409 g/mol. The normalized spacial score (nSPS) is 10.9. The molecular weight excluding hydrogens is 392 g/mol. The van der Waals surface area contributed by atoms with Gasteiger partial charge < -0.3 is 14.4 Å². The lowest BCUT2D eigenvalue weighted by Crippen LogP contribution is -2.30. The van der Waals surface area contributed by atoms with Gasteiger partial charge in [-0.25, -0.2) is 4.79 Å². The SMILES string of the molecule is CN(Cc1ccc(OC(F)F)cc1)C(=O)COC(=O)/C=C/c1ccc(Cl)cc1. The summed E-state index contributed by atoms with van der Waals surface area (Å²) in [7, 11) is 1.54. The maximum absolute atomic E-state index is 12.1. The Kier molecular flexibility index (Phi) is 7.95. The van der Waals surface area contributed by atoms with Gasteiger partial charge in [-0.2, -0.15) is 8.78 Å². The Labute approximate surface area is 166 Å². The van der Waals surface area contributed by atoms with Gasteiger partial charge in [-0.05, 0) is 41.5 Å². The van der Waals surface area contributed by atoms with Crippen LogP contribution in [0.4, 0.5) is 8.78 Å². The average Bonchev–Trinajstić information content (AvgIpc) is 2.66. The second kappa shape index (κ2) is 10.4. The highest BCUT2D eigenvalue weighted by atomic mass is 35.5. The van der Waals surface area contributed by atoms with Crippen LogP contribution in [0.15, 0.2) is 54.6 Å². The molecule has 0 saturated carbocycles. The number of carbonyl (C=O) groups excluding carboxylic acids is 2. The third kappa shape index (κ3) is 7.36. The largest absolute Gasteiger partial charge is 0.452 e. The van der Waals surface area contributed by atoms with Crippen LogP contribution in [0.2, 0.25) is 5.02 Å². The standard InChI is InChI=1S/C20H18ClF2NO4/c1-24(12-15-4-9-17(10-5-15)28-20(22)23)18(25)13-27-19(26)11-6-14-2-7-16(21)8-3-14/h2-11,20H,12-13H2,1H3/b11-6+. The third-order valence-corrected chi connectivity index (χ3v) is 3.87. The maximum Gasteiger partial charge on any atom is 0.387 e. The van der Waals surface area contributed by atoms with E-state index in [0.29, 0.717) is 10.6 Å². The van der Waals surface area contributed by atoms with Crippen LogP contribution in [0.1, 0.15) is 11.1 Å². The number of nitrogens with zero attached hydrogens (tertiary/aromatic N) is 1. The first-order valence-electron chi connectivity index (χ1n) is 8.21. The Bertz CT molecular complexity index is 823. The molecule has 2 aromatic rings. The molecular formula is C20H18ClF2NO4. The van der Waals surface area contributed by atoms with E-state index < -0.39 is 25.1 Å². The first-order valence-corrected chi connectivity index (χ1v) is 8.59. The Balaban J connectivity index is 1.78. The summed E-state index contributed by atoms with van der Waals surface area (Å²) in [5.41, 5.74) is 1.48. The Morgan fingerprint density at radius 2 is 1.75 bits per heavy atom. The van der Waals surface area contributed by atoms with Crippen molar-refractivity contribution in [3.05, 3.63) is 70.8 Å². The number of amides is 1. The lowest BCUT2D eigenvalue weighted by Gasteiger charge is -2.17. The molecule has 0 fully saturated rings. The van der Waals surface area contributed by atoms with E-state index in [0.717, 1.165) is 5.56 Å². The van der Waals surface area contributed by atoms with Crippen LogP contribution in [0.5, 0.6) is 5.75 Å². The van der Waals surface area contributed by atoms with Gasteiger partial charge in [0.1, 0.15) is 5.75 Å². The van der Waals surface area contributed by atoms with Gasteiger partial charge in [-0.15, -0.1) is 0 Å². The van der Waals surface area contributed by atoms with Crippen molar-refractivity contribution in [2.45, 2.75) is 13.2 Å². The highest BCUT2D eigenvalue weighted by molar-refractivity contribution is 6.30. The minimum atomic E-state index is -2.89. The first kappa shape index (κ1) is 21.4. The molecule has 0 heterocycles. The molecule has 0 atom stereocenters. The number of hydrogen-bond acceptors (Lipinski definition) is 4. The number of hydrogen-bond donors (Lipinski definition) is 0. The number of carbonyl (C=O) groups is 2. The second-order valence-corrected chi connectivity index (χ2v) is 6.20. The van der Waals surface area contributed by atoms with Crippen molar-refractivity contribution in [3.63, 3.8) is 0 Å². The van der Waals surface area contributed by atoms with Gasteiger partial charge in [0.25, 0.3) is 5.91 Å². The van der Waals surface area contributed by atoms with E-state index in [2.05, 4.69) is 4.74 Å². The number of alkyl halides is 2. The van der Waals surface area contributed by atoms with Crippen molar-refractivity contribution in [1.82, 2.24) is 4.90 Å². The van der Waals surface area contributed by atoms with E-state index in [9.17, 15) is 18.4 Å². The predicted octanol–water partition coefficient (Wildman–Crippen LogP) is 4.16. The summed E-state index contributed by atoms with van der Waals surface area (Å²) in [6, 6.07) is 12.8. The predicted molar refractivity (Wildman–Crippen MR) is 101 cm³/mol. The van der Waals surface area contributed by atoms with Gasteiger partial charge in [-0.3, -0.25) is 4.79 Å². The molecule has 28 heavy (non-hydrogen) atoms. The molecule has 0 aliphatic heterocycles. The van der Waals surface area contributed by atoms with Gasteiger partial charge in [0.05, 0.1) is 0 Å². The molecule has 0 spiro atoms. The fourth-order valence-corrected chi connectivity index (χ4v) is 2.29. The molecule has 0 N–H and O–H groups in total. The number of halogens is 3. The summed E-state index contributed by atoms with van der Waals surface area (Å²) < 4.78 is 33.4. The fourth-order valence-electron chi connectivity index (χ4n) is 2.17. The second-order valence-electron chi connectivity index (χ2n) is 5.76. The van der Waals surface area contributed by atoms with E-state index >= 15 is 0 Å². The van der Waals surface area contributed by atoms with E-state index in [1.165, 1.54) is 23.1 Å². The summed E-state index contributed by atoms with van der Waals surface area (Å²) >= 11 is 5.78.